The van der Waals surface area contributed by atoms with Crippen molar-refractivity contribution in [3.63, 3.8) is 0 Å². The summed E-state index contributed by atoms with van der Waals surface area (Å²) in [5.74, 6) is -1.64. The summed E-state index contributed by atoms with van der Waals surface area (Å²) in [6.45, 7) is 0. The summed E-state index contributed by atoms with van der Waals surface area (Å²) in [6, 6.07) is 10.1. The van der Waals surface area contributed by atoms with Crippen molar-refractivity contribution in [2.45, 2.75) is 6.04 Å². The third kappa shape index (κ3) is 3.20. The predicted molar refractivity (Wildman–Crippen MR) is 97.5 cm³/mol. The number of Topliss-reactive ketones (excluding diaryl/α,β-unsaturated/α-hetero) is 1. The molecule has 0 saturated carbocycles. The lowest BCUT2D eigenvalue weighted by atomic mass is 9.89. The Morgan fingerprint density at radius 2 is 1.83 bits per heavy atom. The Morgan fingerprint density at radius 1 is 1.14 bits per heavy atom. The van der Waals surface area contributed by atoms with E-state index < -0.39 is 23.6 Å². The highest BCUT2D eigenvalue weighted by molar-refractivity contribution is 6.14. The van der Waals surface area contributed by atoms with Crippen LogP contribution in [-0.4, -0.2) is 44.2 Å². The summed E-state index contributed by atoms with van der Waals surface area (Å²) < 4.78 is 19.5. The molecule has 10 heteroatoms. The number of carbonyl (C=O) groups excluding carboxylic acids is 2. The molecule has 0 fully saturated rings. The number of methoxy groups -OCH3 is 1. The Morgan fingerprint density at radius 3 is 2.48 bits per heavy atom. The number of rotatable bonds is 4. The molecule has 4 rings (SSSR count). The van der Waals surface area contributed by atoms with Gasteiger partial charge in [0, 0.05) is 5.56 Å². The second-order valence-corrected chi connectivity index (χ2v) is 6.18. The SMILES string of the molecule is COC(=O)C1=C(C(=O)c2ccc(F)cc2)[C@@H](c2ccc(O)cc2)n2nnnc2N1. The van der Waals surface area contributed by atoms with Crippen molar-refractivity contribution in [1.82, 2.24) is 20.2 Å². The monoisotopic (exact) mass is 395 g/mol. The Labute approximate surface area is 163 Å². The lowest BCUT2D eigenvalue weighted by molar-refractivity contribution is -0.136. The highest BCUT2D eigenvalue weighted by Gasteiger charge is 2.38. The van der Waals surface area contributed by atoms with Gasteiger partial charge in [0.1, 0.15) is 23.3 Å². The number of fused-ring (bicyclic) bond motifs is 1. The van der Waals surface area contributed by atoms with Gasteiger partial charge in [-0.1, -0.05) is 17.2 Å². The lowest BCUT2D eigenvalue weighted by Gasteiger charge is -2.28. The van der Waals surface area contributed by atoms with Gasteiger partial charge in [-0.15, -0.1) is 0 Å². The molecule has 9 nitrogen and oxygen atoms in total. The fraction of sp³-hybridized carbons (Fsp3) is 0.105. The molecule has 0 bridgehead atoms. The predicted octanol–water partition coefficient (Wildman–Crippen LogP) is 1.84. The molecule has 1 aliphatic heterocycles. The van der Waals surface area contributed by atoms with Crippen LogP contribution in [0.25, 0.3) is 0 Å². The maximum atomic E-state index is 13.4. The van der Waals surface area contributed by atoms with Gasteiger partial charge >= 0.3 is 5.97 Å². The summed E-state index contributed by atoms with van der Waals surface area (Å²) in [6.07, 6.45) is 0. The van der Waals surface area contributed by atoms with Crippen LogP contribution in [0.3, 0.4) is 0 Å². The molecule has 0 unspecified atom stereocenters. The second-order valence-electron chi connectivity index (χ2n) is 6.18. The number of halogens is 1. The van der Waals surface area contributed by atoms with Crippen molar-refractivity contribution in [2.24, 2.45) is 0 Å². The molecule has 2 N–H and O–H groups in total. The maximum Gasteiger partial charge on any atom is 0.355 e. The number of phenolic OH excluding ortho intramolecular Hbond substituents is 1. The number of nitrogens with one attached hydrogen (secondary N) is 1. The zero-order chi connectivity index (χ0) is 20.5. The first-order chi connectivity index (χ1) is 14.0. The van der Waals surface area contributed by atoms with Crippen molar-refractivity contribution in [2.75, 3.05) is 12.4 Å². The van der Waals surface area contributed by atoms with E-state index in [2.05, 4.69) is 20.8 Å². The van der Waals surface area contributed by atoms with Crippen LogP contribution < -0.4 is 5.32 Å². The number of esters is 1. The van der Waals surface area contributed by atoms with Gasteiger partial charge in [-0.3, -0.25) is 4.79 Å². The van der Waals surface area contributed by atoms with Crippen molar-refractivity contribution in [3.8, 4) is 5.75 Å². The number of aromatic nitrogens is 4. The van der Waals surface area contributed by atoms with Gasteiger partial charge < -0.3 is 15.2 Å². The number of phenols is 1. The van der Waals surface area contributed by atoms with Crippen LogP contribution in [0.15, 0.2) is 59.8 Å². The maximum absolute atomic E-state index is 13.4. The van der Waals surface area contributed by atoms with Crippen LogP contribution >= 0.6 is 0 Å². The summed E-state index contributed by atoms with van der Waals surface area (Å²) in [5.41, 5.74) is 0.616. The minimum atomic E-state index is -0.881. The number of allylic oxidation sites excluding steroid dienone is 1. The number of tetrazole rings is 1. The number of carbonyl (C=O) groups is 2. The fourth-order valence-corrected chi connectivity index (χ4v) is 3.11. The van der Waals surface area contributed by atoms with Crippen LogP contribution in [0.2, 0.25) is 0 Å². The molecule has 0 saturated heterocycles. The van der Waals surface area contributed by atoms with Crippen LogP contribution in [0.5, 0.6) is 5.75 Å². The van der Waals surface area contributed by atoms with Gasteiger partial charge in [0.15, 0.2) is 5.78 Å². The molecule has 2 heterocycles. The Balaban J connectivity index is 1.94. The molecule has 2 aromatic carbocycles. The van der Waals surface area contributed by atoms with Crippen LogP contribution in [0, 0.1) is 5.82 Å². The second kappa shape index (κ2) is 7.15. The fourth-order valence-electron chi connectivity index (χ4n) is 3.11. The third-order valence-corrected chi connectivity index (χ3v) is 4.47. The number of ketones is 1. The zero-order valence-electron chi connectivity index (χ0n) is 15.0. The molecule has 146 valence electrons. The molecular formula is C19H14FN5O4. The van der Waals surface area contributed by atoms with Crippen molar-refractivity contribution < 1.29 is 23.8 Å². The van der Waals surface area contributed by atoms with Crippen LogP contribution in [-0.2, 0) is 9.53 Å². The highest BCUT2D eigenvalue weighted by atomic mass is 19.1. The Bertz CT molecular complexity index is 1120. The first kappa shape index (κ1) is 18.3. The number of hydrogen-bond donors (Lipinski definition) is 2. The largest absolute Gasteiger partial charge is 0.508 e. The smallest absolute Gasteiger partial charge is 0.355 e. The number of aromatic hydroxyl groups is 1. The first-order valence-electron chi connectivity index (χ1n) is 8.46. The minimum absolute atomic E-state index is 0.0222. The van der Waals surface area contributed by atoms with E-state index in [0.29, 0.717) is 5.56 Å². The van der Waals surface area contributed by atoms with E-state index >= 15 is 0 Å². The molecular weight excluding hydrogens is 381 g/mol. The molecule has 1 aromatic heterocycles. The molecule has 29 heavy (non-hydrogen) atoms. The van der Waals surface area contributed by atoms with E-state index in [1.807, 2.05) is 0 Å². The van der Waals surface area contributed by atoms with E-state index in [-0.39, 0.29) is 28.5 Å². The first-order valence-corrected chi connectivity index (χ1v) is 8.46. The van der Waals surface area contributed by atoms with E-state index in [0.717, 1.165) is 12.1 Å². The summed E-state index contributed by atoms with van der Waals surface area (Å²) in [7, 11) is 1.18. The number of hydrogen-bond acceptors (Lipinski definition) is 8. The average Bonchev–Trinajstić information content (AvgIpc) is 3.21. The van der Waals surface area contributed by atoms with E-state index in [1.54, 1.807) is 12.1 Å². The van der Waals surface area contributed by atoms with Gasteiger partial charge in [0.25, 0.3) is 0 Å². The van der Waals surface area contributed by atoms with Crippen LogP contribution in [0.1, 0.15) is 22.0 Å². The molecule has 0 radical (unpaired) electrons. The zero-order valence-corrected chi connectivity index (χ0v) is 15.0. The number of benzene rings is 2. The van der Waals surface area contributed by atoms with Gasteiger partial charge in [-0.05, 0) is 52.4 Å². The standard InChI is InChI=1S/C19H14FN5O4/c1-29-18(28)15-14(17(27)11-2-6-12(20)7-3-11)16(10-4-8-13(26)9-5-10)25-19(21-15)22-23-24-25/h2-9,16,26H,1H3,(H,21,22,24)/t16-/m1/s1. The average molecular weight is 395 g/mol. The molecule has 1 aliphatic rings. The number of anilines is 1. The van der Waals surface area contributed by atoms with Crippen molar-refractivity contribution in [3.05, 3.63) is 76.7 Å². The van der Waals surface area contributed by atoms with E-state index in [9.17, 15) is 19.1 Å². The molecule has 0 spiro atoms. The number of nitrogens with zero attached hydrogens (tertiary/aromatic N) is 4. The van der Waals surface area contributed by atoms with Gasteiger partial charge in [0.2, 0.25) is 5.95 Å². The van der Waals surface area contributed by atoms with Crippen molar-refractivity contribution in [1.29, 1.82) is 0 Å². The normalized spacial score (nSPS) is 15.4. The lowest BCUT2D eigenvalue weighted by Crippen LogP contribution is -2.32. The Kier molecular flexibility index (Phi) is 4.51. The summed E-state index contributed by atoms with van der Waals surface area (Å²) in [4.78, 5) is 25.8. The van der Waals surface area contributed by atoms with E-state index in [4.69, 9.17) is 4.74 Å². The number of ether oxygens (including phenoxy) is 1. The topological polar surface area (TPSA) is 119 Å². The summed E-state index contributed by atoms with van der Waals surface area (Å²) in [5, 5.41) is 23.7. The van der Waals surface area contributed by atoms with E-state index in [1.165, 1.54) is 36.1 Å². The quantitative estimate of drug-likeness (QED) is 0.507. The minimum Gasteiger partial charge on any atom is -0.508 e. The third-order valence-electron chi connectivity index (χ3n) is 4.47. The van der Waals surface area contributed by atoms with Gasteiger partial charge in [-0.2, -0.15) is 4.68 Å². The molecule has 0 aliphatic carbocycles. The summed E-state index contributed by atoms with van der Waals surface area (Å²) >= 11 is 0. The molecule has 3 aromatic rings. The highest BCUT2D eigenvalue weighted by Crippen LogP contribution is 2.37. The van der Waals surface area contributed by atoms with Gasteiger partial charge in [-0.25, -0.2) is 9.18 Å². The van der Waals surface area contributed by atoms with Crippen molar-refractivity contribution >= 4 is 17.7 Å². The van der Waals surface area contributed by atoms with Crippen LogP contribution in [0.4, 0.5) is 10.3 Å². The molecule has 0 amide bonds. The van der Waals surface area contributed by atoms with Gasteiger partial charge in [0.05, 0.1) is 12.7 Å². The molecule has 1 atom stereocenters. The Hall–Kier alpha value is -4.08.